The molecule has 35 heavy (non-hydrogen) atoms. The minimum atomic E-state index is -2.07. The average Bonchev–Trinajstić information content (AvgIpc) is 2.81. The van der Waals surface area contributed by atoms with Gasteiger partial charge >= 0.3 is 6.09 Å². The number of aliphatic hydroxyl groups excluding tert-OH is 2. The third kappa shape index (κ3) is 8.26. The van der Waals surface area contributed by atoms with Crippen LogP contribution in [0.5, 0.6) is 0 Å². The van der Waals surface area contributed by atoms with Gasteiger partial charge in [-0.05, 0) is 69.3 Å². The highest BCUT2D eigenvalue weighted by Gasteiger charge is 2.34. The summed E-state index contributed by atoms with van der Waals surface area (Å²) in [4.78, 5) is 38.3. The molecule has 2 aromatic carbocycles. The maximum Gasteiger partial charge on any atom is 0.412 e. The van der Waals surface area contributed by atoms with E-state index in [1.165, 1.54) is 48.5 Å². The number of ether oxygens (including phenoxy) is 1. The Morgan fingerprint density at radius 1 is 1.00 bits per heavy atom. The predicted molar refractivity (Wildman–Crippen MR) is 131 cm³/mol. The minimum absolute atomic E-state index is 0.0136. The highest BCUT2D eigenvalue weighted by atomic mass is 35.5. The van der Waals surface area contributed by atoms with Crippen LogP contribution in [0.4, 0.5) is 21.9 Å². The summed E-state index contributed by atoms with van der Waals surface area (Å²) in [5.41, 5.74) is 0.714. The van der Waals surface area contributed by atoms with E-state index < -0.39 is 35.7 Å². The molecule has 0 heterocycles. The van der Waals surface area contributed by atoms with Crippen LogP contribution in [-0.2, 0) is 14.3 Å². The maximum absolute atomic E-state index is 12.9. The average molecular weight is 503 g/mol. The smallest absolute Gasteiger partial charge is 0.412 e. The van der Waals surface area contributed by atoms with Gasteiger partial charge < -0.3 is 25.2 Å². The number of aliphatic hydroxyl groups is 2. The van der Waals surface area contributed by atoms with Gasteiger partial charge in [0.2, 0.25) is 0 Å². The van der Waals surface area contributed by atoms with E-state index in [0.717, 1.165) is 4.90 Å². The number of alkyl halides is 1. The first kappa shape index (κ1) is 27.6. The van der Waals surface area contributed by atoms with Gasteiger partial charge in [0.1, 0.15) is 5.60 Å². The first-order chi connectivity index (χ1) is 16.4. The van der Waals surface area contributed by atoms with Gasteiger partial charge in [0.05, 0.1) is 11.6 Å². The van der Waals surface area contributed by atoms with Gasteiger partial charge in [0.25, 0.3) is 11.8 Å². The Labute approximate surface area is 208 Å². The van der Waals surface area contributed by atoms with Crippen LogP contribution in [0.3, 0.4) is 0 Å². The fraction of sp³-hybridized carbons (Fsp3) is 0.333. The quantitative estimate of drug-likeness (QED) is 0.405. The van der Waals surface area contributed by atoms with Crippen molar-refractivity contribution in [3.63, 3.8) is 0 Å². The van der Waals surface area contributed by atoms with Crippen molar-refractivity contribution < 1.29 is 29.3 Å². The number of carbonyl (C=O) groups excluding carboxylic acids is 3. The van der Waals surface area contributed by atoms with Crippen LogP contribution in [0.15, 0.2) is 48.5 Å². The van der Waals surface area contributed by atoms with Crippen molar-refractivity contribution in [1.29, 1.82) is 5.26 Å². The Bertz CT molecular complexity index is 1080. The summed E-state index contributed by atoms with van der Waals surface area (Å²) < 4.78 is 5.19. The number of carbonyl (C=O) groups is 3. The number of nitriles is 1. The number of benzene rings is 2. The van der Waals surface area contributed by atoms with Crippen LogP contribution in [0.2, 0.25) is 0 Å². The normalized spacial score (nSPS) is 12.6. The summed E-state index contributed by atoms with van der Waals surface area (Å²) in [5.74, 6) is -1.93. The Morgan fingerprint density at radius 3 is 2.06 bits per heavy atom. The van der Waals surface area contributed by atoms with E-state index in [4.69, 9.17) is 21.6 Å². The van der Waals surface area contributed by atoms with Crippen LogP contribution in [-0.4, -0.2) is 58.4 Å². The third-order valence-electron chi connectivity index (χ3n) is 4.50. The van der Waals surface area contributed by atoms with Gasteiger partial charge in [-0.15, -0.1) is 11.6 Å². The summed E-state index contributed by atoms with van der Waals surface area (Å²) >= 11 is 5.82. The highest BCUT2D eigenvalue weighted by Crippen LogP contribution is 2.21. The summed E-state index contributed by atoms with van der Waals surface area (Å²) in [6.07, 6.45) is -4.79. The maximum atomic E-state index is 12.9. The molecule has 10 nitrogen and oxygen atoms in total. The lowest BCUT2D eigenvalue weighted by Crippen LogP contribution is -2.50. The number of nitrogens with zero attached hydrogens (tertiary/aromatic N) is 2. The Morgan fingerprint density at radius 2 is 1.54 bits per heavy atom. The van der Waals surface area contributed by atoms with Crippen molar-refractivity contribution in [2.75, 3.05) is 28.0 Å². The molecule has 2 rings (SSSR count). The number of hydrogen-bond acceptors (Lipinski definition) is 7. The Hall–Kier alpha value is -3.65. The van der Waals surface area contributed by atoms with Crippen molar-refractivity contribution in [2.24, 2.45) is 0 Å². The number of halogens is 1. The first-order valence-electron chi connectivity index (χ1n) is 10.6. The van der Waals surface area contributed by atoms with E-state index in [1.54, 1.807) is 20.8 Å². The molecule has 0 aromatic heterocycles. The molecule has 11 heteroatoms. The Kier molecular flexibility index (Phi) is 9.59. The predicted octanol–water partition coefficient (Wildman–Crippen LogP) is 2.84. The molecule has 0 aliphatic carbocycles. The molecule has 0 saturated heterocycles. The lowest BCUT2D eigenvalue weighted by Gasteiger charge is -2.26. The first-order valence-corrected chi connectivity index (χ1v) is 11.1. The SMILES string of the molecule is CC(C)(C)OC(=O)Nc1ccc(N(CCCl)C(=O)[C@H](O)[C@@H](O)C(=O)Nc2ccc(C#N)cc2)cc1. The summed E-state index contributed by atoms with van der Waals surface area (Å²) in [5, 5.41) is 34.4. The van der Waals surface area contributed by atoms with Gasteiger partial charge in [-0.2, -0.15) is 5.26 Å². The molecule has 2 atom stereocenters. The van der Waals surface area contributed by atoms with Gasteiger partial charge in [-0.25, -0.2) is 4.79 Å². The summed E-state index contributed by atoms with van der Waals surface area (Å²) in [7, 11) is 0. The van der Waals surface area contributed by atoms with E-state index in [1.807, 2.05) is 6.07 Å². The van der Waals surface area contributed by atoms with Crippen LogP contribution in [0.1, 0.15) is 26.3 Å². The van der Waals surface area contributed by atoms with E-state index in [9.17, 15) is 24.6 Å². The molecule has 0 unspecified atom stereocenters. The molecule has 0 aliphatic rings. The van der Waals surface area contributed by atoms with Gasteiger partial charge in [0, 0.05) is 29.5 Å². The van der Waals surface area contributed by atoms with E-state index in [0.29, 0.717) is 16.9 Å². The monoisotopic (exact) mass is 502 g/mol. The molecule has 3 amide bonds. The minimum Gasteiger partial charge on any atom is -0.444 e. The third-order valence-corrected chi connectivity index (χ3v) is 4.67. The zero-order valence-electron chi connectivity index (χ0n) is 19.5. The molecule has 0 aliphatic heterocycles. The van der Waals surface area contributed by atoms with E-state index in [2.05, 4.69) is 10.6 Å². The zero-order valence-corrected chi connectivity index (χ0v) is 20.2. The molecule has 186 valence electrons. The van der Waals surface area contributed by atoms with Gasteiger partial charge in [-0.3, -0.25) is 14.9 Å². The van der Waals surface area contributed by atoms with Gasteiger partial charge in [0.15, 0.2) is 12.2 Å². The molecular formula is C24H27ClN4O6. The molecule has 2 aromatic rings. The highest BCUT2D eigenvalue weighted by molar-refractivity contribution is 6.18. The van der Waals surface area contributed by atoms with Crippen molar-refractivity contribution in [3.05, 3.63) is 54.1 Å². The van der Waals surface area contributed by atoms with Gasteiger partial charge in [-0.1, -0.05) is 0 Å². The van der Waals surface area contributed by atoms with Crippen molar-refractivity contribution in [1.82, 2.24) is 0 Å². The molecular weight excluding hydrogens is 476 g/mol. The van der Waals surface area contributed by atoms with Crippen LogP contribution in [0.25, 0.3) is 0 Å². The number of amides is 3. The molecule has 0 radical (unpaired) electrons. The molecule has 0 saturated carbocycles. The van der Waals surface area contributed by atoms with E-state index in [-0.39, 0.29) is 18.1 Å². The van der Waals surface area contributed by atoms with Crippen molar-refractivity contribution >= 4 is 46.6 Å². The fourth-order valence-corrected chi connectivity index (χ4v) is 3.05. The lowest BCUT2D eigenvalue weighted by molar-refractivity contribution is -0.141. The number of nitrogens with one attached hydrogen (secondary N) is 2. The summed E-state index contributed by atoms with van der Waals surface area (Å²) in [6, 6.07) is 13.8. The second-order valence-corrected chi connectivity index (χ2v) is 8.80. The second-order valence-electron chi connectivity index (χ2n) is 8.42. The van der Waals surface area contributed by atoms with Crippen molar-refractivity contribution in [2.45, 2.75) is 38.6 Å². The Balaban J connectivity index is 2.08. The topological polar surface area (TPSA) is 152 Å². The van der Waals surface area contributed by atoms with Crippen LogP contribution in [0, 0.1) is 11.3 Å². The zero-order chi connectivity index (χ0) is 26.2. The van der Waals surface area contributed by atoms with Crippen LogP contribution < -0.4 is 15.5 Å². The fourth-order valence-electron chi connectivity index (χ4n) is 2.88. The molecule has 0 bridgehead atoms. The lowest BCUT2D eigenvalue weighted by atomic mass is 10.1. The molecule has 4 N–H and O–H groups in total. The summed E-state index contributed by atoms with van der Waals surface area (Å²) in [6.45, 7) is 5.18. The number of rotatable bonds is 8. The standard InChI is InChI=1S/C24H27ClN4O6/c1-24(2,3)35-23(34)28-17-8-10-18(11-9-17)29(13-12-25)22(33)20(31)19(30)21(32)27-16-6-4-15(14-26)5-7-16/h4-11,19-20,30-31H,12-13H2,1-3H3,(H,27,32)(H,28,34)/t19-,20-/m1/s1. The molecule has 0 fully saturated rings. The van der Waals surface area contributed by atoms with Crippen LogP contribution >= 0.6 is 11.6 Å². The second kappa shape index (κ2) is 12.2. The van der Waals surface area contributed by atoms with Crippen molar-refractivity contribution in [3.8, 4) is 6.07 Å². The number of hydrogen-bond donors (Lipinski definition) is 4. The largest absolute Gasteiger partial charge is 0.444 e. The van der Waals surface area contributed by atoms with E-state index >= 15 is 0 Å². The number of anilines is 3. The molecule has 0 spiro atoms.